The number of anilines is 1. The Morgan fingerprint density at radius 3 is 2.22 bits per heavy atom. The standard InChI is InChI=1S/C21H29N3O3/c1-15(2)12-19(25)22-8-10-23(11-9-22)21(27)17-13-20(26)24(14-17)18-6-4-16(3)5-7-18/h4-7,15,17H,8-14H2,1-3H3. The number of nitrogens with zero attached hydrogens (tertiary/aromatic N) is 3. The number of aryl methyl sites for hydroxylation is 1. The first-order chi connectivity index (χ1) is 12.8. The van der Waals surface area contributed by atoms with Gasteiger partial charge in [0.25, 0.3) is 0 Å². The molecule has 2 heterocycles. The summed E-state index contributed by atoms with van der Waals surface area (Å²) in [6, 6.07) is 7.81. The third kappa shape index (κ3) is 4.49. The van der Waals surface area contributed by atoms with Crippen LogP contribution in [0.15, 0.2) is 24.3 Å². The molecule has 2 saturated heterocycles. The van der Waals surface area contributed by atoms with Crippen LogP contribution in [-0.4, -0.2) is 60.2 Å². The first-order valence-corrected chi connectivity index (χ1v) is 9.78. The molecule has 6 heteroatoms. The average molecular weight is 371 g/mol. The van der Waals surface area contributed by atoms with Gasteiger partial charge in [0.1, 0.15) is 0 Å². The molecule has 3 amide bonds. The molecule has 0 saturated carbocycles. The van der Waals surface area contributed by atoms with Crippen LogP contribution in [0, 0.1) is 18.8 Å². The van der Waals surface area contributed by atoms with Gasteiger partial charge in [0.2, 0.25) is 17.7 Å². The Bertz CT molecular complexity index is 706. The van der Waals surface area contributed by atoms with Gasteiger partial charge in [0.15, 0.2) is 0 Å². The van der Waals surface area contributed by atoms with Gasteiger partial charge in [-0.05, 0) is 25.0 Å². The topological polar surface area (TPSA) is 60.9 Å². The minimum Gasteiger partial charge on any atom is -0.339 e. The number of hydrogen-bond donors (Lipinski definition) is 0. The predicted molar refractivity (Wildman–Crippen MR) is 104 cm³/mol. The van der Waals surface area contributed by atoms with Crippen LogP contribution in [-0.2, 0) is 14.4 Å². The molecule has 0 spiro atoms. The molecule has 0 bridgehead atoms. The second-order valence-corrected chi connectivity index (χ2v) is 8.04. The minimum absolute atomic E-state index is 0.00273. The van der Waals surface area contributed by atoms with E-state index < -0.39 is 0 Å². The Balaban J connectivity index is 1.55. The molecule has 0 aliphatic carbocycles. The van der Waals surface area contributed by atoms with Crippen molar-refractivity contribution in [3.8, 4) is 0 Å². The van der Waals surface area contributed by atoms with Gasteiger partial charge in [-0.3, -0.25) is 14.4 Å². The molecule has 3 rings (SSSR count). The molecule has 2 fully saturated rings. The lowest BCUT2D eigenvalue weighted by Gasteiger charge is -2.36. The van der Waals surface area contributed by atoms with Gasteiger partial charge in [0, 0.05) is 51.3 Å². The van der Waals surface area contributed by atoms with Gasteiger partial charge in [-0.25, -0.2) is 0 Å². The highest BCUT2D eigenvalue weighted by Crippen LogP contribution is 2.27. The molecule has 1 unspecified atom stereocenters. The summed E-state index contributed by atoms with van der Waals surface area (Å²) in [6.45, 7) is 8.79. The van der Waals surface area contributed by atoms with Gasteiger partial charge in [-0.1, -0.05) is 31.5 Å². The van der Waals surface area contributed by atoms with Crippen LogP contribution in [0.3, 0.4) is 0 Å². The van der Waals surface area contributed by atoms with Crippen LogP contribution in [0.4, 0.5) is 5.69 Å². The summed E-state index contributed by atoms with van der Waals surface area (Å²) in [5.74, 6) is 0.252. The lowest BCUT2D eigenvalue weighted by molar-refractivity contribution is -0.142. The van der Waals surface area contributed by atoms with E-state index in [1.807, 2.05) is 54.8 Å². The van der Waals surface area contributed by atoms with E-state index in [0.717, 1.165) is 11.3 Å². The highest BCUT2D eigenvalue weighted by Gasteiger charge is 2.38. The first kappa shape index (κ1) is 19.4. The second kappa shape index (κ2) is 8.11. The molecule has 6 nitrogen and oxygen atoms in total. The summed E-state index contributed by atoms with van der Waals surface area (Å²) in [5, 5.41) is 0. The lowest BCUT2D eigenvalue weighted by Crippen LogP contribution is -2.52. The largest absolute Gasteiger partial charge is 0.339 e. The van der Waals surface area contributed by atoms with Crippen LogP contribution in [0.1, 0.15) is 32.3 Å². The van der Waals surface area contributed by atoms with Crippen molar-refractivity contribution in [2.75, 3.05) is 37.6 Å². The second-order valence-electron chi connectivity index (χ2n) is 8.04. The van der Waals surface area contributed by atoms with Crippen molar-refractivity contribution < 1.29 is 14.4 Å². The van der Waals surface area contributed by atoms with Gasteiger partial charge in [0.05, 0.1) is 5.92 Å². The summed E-state index contributed by atoms with van der Waals surface area (Å²) in [6.07, 6.45) is 0.815. The summed E-state index contributed by atoms with van der Waals surface area (Å²) in [5.41, 5.74) is 1.99. The van der Waals surface area contributed by atoms with Gasteiger partial charge >= 0.3 is 0 Å². The maximum absolute atomic E-state index is 12.9. The zero-order valence-electron chi connectivity index (χ0n) is 16.5. The quantitative estimate of drug-likeness (QED) is 0.814. The van der Waals surface area contributed by atoms with Crippen LogP contribution in [0.5, 0.6) is 0 Å². The summed E-state index contributed by atoms with van der Waals surface area (Å²) >= 11 is 0. The van der Waals surface area contributed by atoms with E-state index in [1.54, 1.807) is 4.90 Å². The van der Waals surface area contributed by atoms with Crippen LogP contribution >= 0.6 is 0 Å². The predicted octanol–water partition coefficient (Wildman–Crippen LogP) is 2.06. The first-order valence-electron chi connectivity index (χ1n) is 9.78. The number of benzene rings is 1. The molecule has 1 aromatic carbocycles. The fourth-order valence-corrected chi connectivity index (χ4v) is 3.76. The van der Waals surface area contributed by atoms with Gasteiger partial charge in [-0.15, -0.1) is 0 Å². The van der Waals surface area contributed by atoms with Crippen molar-refractivity contribution in [2.45, 2.75) is 33.6 Å². The Morgan fingerprint density at radius 1 is 1.04 bits per heavy atom. The van der Waals surface area contributed by atoms with Crippen LogP contribution in [0.2, 0.25) is 0 Å². The third-order valence-corrected chi connectivity index (χ3v) is 5.35. The van der Waals surface area contributed by atoms with E-state index in [0.29, 0.717) is 45.1 Å². The van der Waals surface area contributed by atoms with Crippen molar-refractivity contribution in [2.24, 2.45) is 11.8 Å². The fraction of sp³-hybridized carbons (Fsp3) is 0.571. The number of rotatable bonds is 4. The smallest absolute Gasteiger partial charge is 0.228 e. The molecular weight excluding hydrogens is 342 g/mol. The Labute approximate surface area is 161 Å². The van der Waals surface area contributed by atoms with Crippen LogP contribution in [0.25, 0.3) is 0 Å². The molecular formula is C21H29N3O3. The summed E-state index contributed by atoms with van der Waals surface area (Å²) < 4.78 is 0. The molecule has 0 radical (unpaired) electrons. The zero-order valence-corrected chi connectivity index (χ0v) is 16.5. The molecule has 0 N–H and O–H groups in total. The van der Waals surface area contributed by atoms with E-state index in [1.165, 1.54) is 0 Å². The number of hydrogen-bond acceptors (Lipinski definition) is 3. The Kier molecular flexibility index (Phi) is 5.82. The normalized spacial score (nSPS) is 20.5. The number of piperazine rings is 1. The molecule has 0 aromatic heterocycles. The highest BCUT2D eigenvalue weighted by molar-refractivity contribution is 6.00. The maximum Gasteiger partial charge on any atom is 0.228 e. The molecule has 146 valence electrons. The SMILES string of the molecule is Cc1ccc(N2CC(C(=O)N3CCN(C(=O)CC(C)C)CC3)CC2=O)cc1. The zero-order chi connectivity index (χ0) is 19.6. The van der Waals surface area contributed by atoms with E-state index in [-0.39, 0.29) is 30.1 Å². The van der Waals surface area contributed by atoms with E-state index >= 15 is 0 Å². The monoisotopic (exact) mass is 371 g/mol. The number of carbonyl (C=O) groups is 3. The lowest BCUT2D eigenvalue weighted by atomic mass is 10.1. The molecule has 27 heavy (non-hydrogen) atoms. The molecule has 1 atom stereocenters. The fourth-order valence-electron chi connectivity index (χ4n) is 3.76. The summed E-state index contributed by atoms with van der Waals surface area (Å²) in [7, 11) is 0. The Morgan fingerprint density at radius 2 is 1.63 bits per heavy atom. The average Bonchev–Trinajstić information content (AvgIpc) is 3.03. The number of carbonyl (C=O) groups excluding carboxylic acids is 3. The third-order valence-electron chi connectivity index (χ3n) is 5.35. The molecule has 1 aromatic rings. The molecule has 2 aliphatic rings. The van der Waals surface area contributed by atoms with Gasteiger partial charge < -0.3 is 14.7 Å². The Hall–Kier alpha value is -2.37. The van der Waals surface area contributed by atoms with E-state index in [9.17, 15) is 14.4 Å². The summed E-state index contributed by atoms with van der Waals surface area (Å²) in [4.78, 5) is 42.8. The van der Waals surface area contributed by atoms with Gasteiger partial charge in [-0.2, -0.15) is 0 Å². The highest BCUT2D eigenvalue weighted by atomic mass is 16.2. The van der Waals surface area contributed by atoms with E-state index in [4.69, 9.17) is 0 Å². The molecule has 2 aliphatic heterocycles. The van der Waals surface area contributed by atoms with Crippen molar-refractivity contribution in [3.63, 3.8) is 0 Å². The van der Waals surface area contributed by atoms with Crippen molar-refractivity contribution in [3.05, 3.63) is 29.8 Å². The van der Waals surface area contributed by atoms with Crippen LogP contribution < -0.4 is 4.90 Å². The maximum atomic E-state index is 12.9. The van der Waals surface area contributed by atoms with Crippen molar-refractivity contribution in [1.82, 2.24) is 9.80 Å². The van der Waals surface area contributed by atoms with E-state index in [2.05, 4.69) is 0 Å². The number of amides is 3. The minimum atomic E-state index is -0.295. The van der Waals surface area contributed by atoms with Crippen molar-refractivity contribution >= 4 is 23.4 Å². The van der Waals surface area contributed by atoms with Crippen molar-refractivity contribution in [1.29, 1.82) is 0 Å².